The van der Waals surface area contributed by atoms with E-state index in [-0.39, 0.29) is 24.7 Å². The van der Waals surface area contributed by atoms with Gasteiger partial charge in [-0.05, 0) is 25.0 Å². The van der Waals surface area contributed by atoms with Gasteiger partial charge in [-0.2, -0.15) is 8.78 Å². The van der Waals surface area contributed by atoms with Gasteiger partial charge in [0.1, 0.15) is 5.75 Å². The molecule has 0 saturated carbocycles. The van der Waals surface area contributed by atoms with Crippen molar-refractivity contribution in [2.45, 2.75) is 32.8 Å². The number of ether oxygens (including phenoxy) is 2. The summed E-state index contributed by atoms with van der Waals surface area (Å²) in [4.78, 5) is 11.5. The van der Waals surface area contributed by atoms with Crippen molar-refractivity contribution in [1.82, 2.24) is 0 Å². The number of aryl methyl sites for hydroxylation is 1. The van der Waals surface area contributed by atoms with Crippen molar-refractivity contribution in [2.75, 3.05) is 6.61 Å². The van der Waals surface area contributed by atoms with Crippen LogP contribution in [0.15, 0.2) is 12.1 Å². The Labute approximate surface area is 115 Å². The van der Waals surface area contributed by atoms with Crippen molar-refractivity contribution >= 4 is 17.6 Å². The molecular formula is C13H15ClF2O3. The lowest BCUT2D eigenvalue weighted by atomic mass is 10.0. The van der Waals surface area contributed by atoms with Gasteiger partial charge in [-0.15, -0.1) is 11.6 Å². The highest BCUT2D eigenvalue weighted by Gasteiger charge is 2.17. The Bertz CT molecular complexity index is 450. The van der Waals surface area contributed by atoms with Gasteiger partial charge in [-0.3, -0.25) is 4.79 Å². The van der Waals surface area contributed by atoms with Crippen LogP contribution in [0.1, 0.15) is 23.6 Å². The second kappa shape index (κ2) is 7.28. The highest BCUT2D eigenvalue weighted by molar-refractivity contribution is 6.17. The molecule has 0 aliphatic carbocycles. The molecule has 0 atom stereocenters. The second-order valence-electron chi connectivity index (χ2n) is 3.89. The van der Waals surface area contributed by atoms with Gasteiger partial charge in [0.05, 0.1) is 13.0 Å². The van der Waals surface area contributed by atoms with Crippen LogP contribution in [-0.2, 0) is 21.8 Å². The fraction of sp³-hybridized carbons (Fsp3) is 0.462. The zero-order valence-corrected chi connectivity index (χ0v) is 11.5. The van der Waals surface area contributed by atoms with E-state index in [9.17, 15) is 13.6 Å². The van der Waals surface area contributed by atoms with Gasteiger partial charge in [0.2, 0.25) is 0 Å². The molecule has 0 aliphatic heterocycles. The number of halogens is 3. The van der Waals surface area contributed by atoms with E-state index < -0.39 is 12.6 Å². The van der Waals surface area contributed by atoms with Crippen LogP contribution in [0.3, 0.4) is 0 Å². The minimum atomic E-state index is -2.94. The number of hydrogen-bond donors (Lipinski definition) is 0. The molecule has 6 heteroatoms. The molecule has 0 unspecified atom stereocenters. The lowest BCUT2D eigenvalue weighted by Crippen LogP contribution is -2.12. The lowest BCUT2D eigenvalue weighted by Gasteiger charge is -2.14. The molecule has 0 radical (unpaired) electrons. The standard InChI is InChI=1S/C13H15ClF2O3/c1-3-18-11(17)6-10-5-9(7-14)4-8(2)12(10)19-13(15)16/h4-5,13H,3,6-7H2,1-2H3. The van der Waals surface area contributed by atoms with E-state index in [1.165, 1.54) is 0 Å². The Hall–Kier alpha value is -1.36. The zero-order valence-electron chi connectivity index (χ0n) is 10.7. The summed E-state index contributed by atoms with van der Waals surface area (Å²) >= 11 is 5.72. The highest BCUT2D eigenvalue weighted by atomic mass is 35.5. The van der Waals surface area contributed by atoms with Crippen LogP contribution in [0.25, 0.3) is 0 Å². The van der Waals surface area contributed by atoms with Gasteiger partial charge < -0.3 is 9.47 Å². The normalized spacial score (nSPS) is 10.6. The van der Waals surface area contributed by atoms with E-state index in [0.717, 1.165) is 5.56 Å². The number of rotatable bonds is 6. The van der Waals surface area contributed by atoms with Crippen LogP contribution in [0.2, 0.25) is 0 Å². The minimum absolute atomic E-state index is 0.0110. The summed E-state index contributed by atoms with van der Waals surface area (Å²) in [5, 5.41) is 0. The fourth-order valence-electron chi connectivity index (χ4n) is 1.76. The Balaban J connectivity index is 3.08. The number of esters is 1. The van der Waals surface area contributed by atoms with Crippen LogP contribution < -0.4 is 4.74 Å². The third kappa shape index (κ3) is 4.67. The van der Waals surface area contributed by atoms with E-state index in [1.54, 1.807) is 26.0 Å². The molecule has 1 aromatic carbocycles. The van der Waals surface area contributed by atoms with Gasteiger partial charge in [0.15, 0.2) is 0 Å². The summed E-state index contributed by atoms with van der Waals surface area (Å²) in [5.41, 5.74) is 1.60. The third-order valence-corrected chi connectivity index (χ3v) is 2.72. The van der Waals surface area contributed by atoms with Gasteiger partial charge in [-0.25, -0.2) is 0 Å². The van der Waals surface area contributed by atoms with E-state index in [4.69, 9.17) is 16.3 Å². The van der Waals surface area contributed by atoms with Crippen LogP contribution in [0.4, 0.5) is 8.78 Å². The Morgan fingerprint density at radius 1 is 1.42 bits per heavy atom. The topological polar surface area (TPSA) is 35.5 Å². The first-order valence-corrected chi connectivity index (χ1v) is 6.30. The predicted octanol–water partition coefficient (Wildman–Crippen LogP) is 3.44. The summed E-state index contributed by atoms with van der Waals surface area (Å²) < 4.78 is 34.0. The molecule has 0 amide bonds. The maximum absolute atomic E-state index is 12.4. The van der Waals surface area contributed by atoms with Crippen molar-refractivity contribution in [3.8, 4) is 5.75 Å². The summed E-state index contributed by atoms with van der Waals surface area (Å²) in [5.74, 6) is -0.254. The molecular weight excluding hydrogens is 278 g/mol. The summed E-state index contributed by atoms with van der Waals surface area (Å²) in [6, 6.07) is 3.23. The average molecular weight is 293 g/mol. The molecule has 3 nitrogen and oxygen atoms in total. The molecule has 0 heterocycles. The molecule has 19 heavy (non-hydrogen) atoms. The predicted molar refractivity (Wildman–Crippen MR) is 67.7 cm³/mol. The number of alkyl halides is 3. The third-order valence-electron chi connectivity index (χ3n) is 2.41. The second-order valence-corrected chi connectivity index (χ2v) is 4.16. The van der Waals surface area contributed by atoms with Crippen molar-refractivity contribution < 1.29 is 23.0 Å². The van der Waals surface area contributed by atoms with E-state index in [1.807, 2.05) is 0 Å². The van der Waals surface area contributed by atoms with E-state index in [0.29, 0.717) is 11.1 Å². The van der Waals surface area contributed by atoms with Gasteiger partial charge in [0.25, 0.3) is 0 Å². The van der Waals surface area contributed by atoms with Crippen molar-refractivity contribution in [1.29, 1.82) is 0 Å². The number of carbonyl (C=O) groups is 1. The largest absolute Gasteiger partial charge is 0.466 e. The van der Waals surface area contributed by atoms with Crippen molar-refractivity contribution in [3.63, 3.8) is 0 Å². The summed E-state index contributed by atoms with van der Waals surface area (Å²) in [6.45, 7) is 0.594. The molecule has 0 aromatic heterocycles. The molecule has 0 aliphatic rings. The number of benzene rings is 1. The average Bonchev–Trinajstić information content (AvgIpc) is 2.33. The molecule has 0 saturated heterocycles. The van der Waals surface area contributed by atoms with Crippen LogP contribution in [0.5, 0.6) is 5.75 Å². The fourth-order valence-corrected chi connectivity index (χ4v) is 1.92. The molecule has 1 aromatic rings. The van der Waals surface area contributed by atoms with Crippen molar-refractivity contribution in [2.24, 2.45) is 0 Å². The molecule has 0 bridgehead atoms. The van der Waals surface area contributed by atoms with Gasteiger partial charge in [0, 0.05) is 11.4 Å². The molecule has 0 N–H and O–H groups in total. The Kier molecular flexibility index (Phi) is 6.02. The van der Waals surface area contributed by atoms with E-state index >= 15 is 0 Å². The van der Waals surface area contributed by atoms with E-state index in [2.05, 4.69) is 4.74 Å². The zero-order chi connectivity index (χ0) is 14.4. The van der Waals surface area contributed by atoms with Crippen LogP contribution in [-0.4, -0.2) is 19.2 Å². The molecule has 0 fully saturated rings. The molecule has 1 rings (SSSR count). The van der Waals surface area contributed by atoms with Gasteiger partial charge in [-0.1, -0.05) is 12.1 Å². The lowest BCUT2D eigenvalue weighted by molar-refractivity contribution is -0.142. The maximum atomic E-state index is 12.4. The maximum Gasteiger partial charge on any atom is 0.387 e. The number of hydrogen-bond acceptors (Lipinski definition) is 3. The first-order valence-electron chi connectivity index (χ1n) is 5.76. The Morgan fingerprint density at radius 2 is 2.11 bits per heavy atom. The minimum Gasteiger partial charge on any atom is -0.466 e. The first kappa shape index (κ1) is 15.7. The first-order chi connectivity index (χ1) is 8.97. The molecule has 106 valence electrons. The highest BCUT2D eigenvalue weighted by Crippen LogP contribution is 2.28. The smallest absolute Gasteiger partial charge is 0.387 e. The molecule has 0 spiro atoms. The SMILES string of the molecule is CCOC(=O)Cc1cc(CCl)cc(C)c1OC(F)F. The summed E-state index contributed by atoms with van der Waals surface area (Å²) in [7, 11) is 0. The number of carbonyl (C=O) groups excluding carboxylic acids is 1. The Morgan fingerprint density at radius 3 is 2.63 bits per heavy atom. The summed E-state index contributed by atoms with van der Waals surface area (Å²) in [6.07, 6.45) is -0.124. The van der Waals surface area contributed by atoms with Crippen molar-refractivity contribution in [3.05, 3.63) is 28.8 Å². The quantitative estimate of drug-likeness (QED) is 0.595. The van der Waals surface area contributed by atoms with Gasteiger partial charge >= 0.3 is 12.6 Å². The van der Waals surface area contributed by atoms with Crippen LogP contribution >= 0.6 is 11.6 Å². The van der Waals surface area contributed by atoms with Crippen LogP contribution in [0, 0.1) is 6.92 Å². The monoisotopic (exact) mass is 292 g/mol.